The molecule has 0 aromatic heterocycles. The molecule has 0 aliphatic carbocycles. The van der Waals surface area contributed by atoms with Crippen LogP contribution in [0, 0.1) is 6.92 Å². The molecule has 0 radical (unpaired) electrons. The van der Waals surface area contributed by atoms with Crippen molar-refractivity contribution in [2.45, 2.75) is 39.7 Å². The molecular weight excluding hydrogens is 278 g/mol. The summed E-state index contributed by atoms with van der Waals surface area (Å²) in [6.45, 7) is 8.11. The lowest BCUT2D eigenvalue weighted by Crippen LogP contribution is -2.30. The van der Waals surface area contributed by atoms with Crippen molar-refractivity contribution >= 4 is 15.9 Å². The van der Waals surface area contributed by atoms with E-state index in [0.717, 1.165) is 23.4 Å². The second-order valence-electron chi connectivity index (χ2n) is 4.40. The van der Waals surface area contributed by atoms with E-state index in [4.69, 9.17) is 4.74 Å². The third-order valence-corrected chi connectivity index (χ3v) is 3.20. The van der Waals surface area contributed by atoms with E-state index in [2.05, 4.69) is 48.1 Å². The fraction of sp³-hybridized carbons (Fsp3) is 0.571. The molecular formula is C14H22BrNO. The topological polar surface area (TPSA) is 21.3 Å². The van der Waals surface area contributed by atoms with Gasteiger partial charge in [-0.25, -0.2) is 0 Å². The van der Waals surface area contributed by atoms with Gasteiger partial charge in [0.05, 0.1) is 0 Å². The minimum atomic E-state index is 0.578. The Labute approximate surface area is 113 Å². The number of ether oxygens (including phenoxy) is 1. The number of nitrogens with one attached hydrogen (secondary N) is 1. The first-order chi connectivity index (χ1) is 8.13. The van der Waals surface area contributed by atoms with Gasteiger partial charge in [-0.05, 0) is 44.0 Å². The average Bonchev–Trinajstić information content (AvgIpc) is 2.27. The SMILES string of the molecule is CCCC(C)NCCOc1ccc(Br)cc1C. The van der Waals surface area contributed by atoms with E-state index >= 15 is 0 Å². The van der Waals surface area contributed by atoms with Crippen molar-refractivity contribution in [1.29, 1.82) is 0 Å². The molecule has 1 N–H and O–H groups in total. The van der Waals surface area contributed by atoms with Crippen molar-refractivity contribution in [3.63, 3.8) is 0 Å². The van der Waals surface area contributed by atoms with E-state index in [0.29, 0.717) is 6.04 Å². The highest BCUT2D eigenvalue weighted by Gasteiger charge is 2.01. The van der Waals surface area contributed by atoms with Crippen LogP contribution < -0.4 is 10.1 Å². The zero-order valence-electron chi connectivity index (χ0n) is 10.9. The quantitative estimate of drug-likeness (QED) is 0.771. The van der Waals surface area contributed by atoms with Crippen LogP contribution in [0.25, 0.3) is 0 Å². The molecule has 0 amide bonds. The van der Waals surface area contributed by atoms with E-state index in [1.165, 1.54) is 18.4 Å². The molecule has 0 spiro atoms. The first-order valence-corrected chi connectivity index (χ1v) is 7.05. The lowest BCUT2D eigenvalue weighted by atomic mass is 10.2. The maximum absolute atomic E-state index is 5.74. The molecule has 0 heterocycles. The van der Waals surface area contributed by atoms with Gasteiger partial charge in [0, 0.05) is 17.1 Å². The van der Waals surface area contributed by atoms with Crippen LogP contribution in [-0.2, 0) is 0 Å². The molecule has 1 rings (SSSR count). The van der Waals surface area contributed by atoms with Crippen molar-refractivity contribution in [2.24, 2.45) is 0 Å². The van der Waals surface area contributed by atoms with E-state index in [1.54, 1.807) is 0 Å². The fourth-order valence-corrected chi connectivity index (χ4v) is 2.25. The maximum atomic E-state index is 5.74. The predicted octanol–water partition coefficient (Wildman–Crippen LogP) is 3.91. The molecule has 0 saturated carbocycles. The number of benzene rings is 1. The van der Waals surface area contributed by atoms with Gasteiger partial charge in [-0.1, -0.05) is 29.3 Å². The van der Waals surface area contributed by atoms with Crippen LogP contribution in [0.1, 0.15) is 32.3 Å². The Morgan fingerprint density at radius 1 is 1.41 bits per heavy atom. The lowest BCUT2D eigenvalue weighted by Gasteiger charge is -2.14. The normalized spacial score (nSPS) is 12.5. The second-order valence-corrected chi connectivity index (χ2v) is 5.32. The van der Waals surface area contributed by atoms with Gasteiger partial charge in [0.1, 0.15) is 12.4 Å². The average molecular weight is 300 g/mol. The van der Waals surface area contributed by atoms with Gasteiger partial charge in [-0.15, -0.1) is 0 Å². The molecule has 1 aromatic rings. The van der Waals surface area contributed by atoms with Crippen LogP contribution in [0.5, 0.6) is 5.75 Å². The minimum absolute atomic E-state index is 0.578. The number of halogens is 1. The number of hydrogen-bond donors (Lipinski definition) is 1. The summed E-state index contributed by atoms with van der Waals surface area (Å²) >= 11 is 3.45. The van der Waals surface area contributed by atoms with Crippen molar-refractivity contribution in [3.8, 4) is 5.75 Å². The van der Waals surface area contributed by atoms with Crippen molar-refractivity contribution in [3.05, 3.63) is 28.2 Å². The molecule has 1 unspecified atom stereocenters. The van der Waals surface area contributed by atoms with Crippen molar-refractivity contribution in [2.75, 3.05) is 13.2 Å². The van der Waals surface area contributed by atoms with Crippen LogP contribution in [0.4, 0.5) is 0 Å². The summed E-state index contributed by atoms with van der Waals surface area (Å²) in [5.41, 5.74) is 1.17. The Morgan fingerprint density at radius 3 is 2.82 bits per heavy atom. The third kappa shape index (κ3) is 5.55. The van der Waals surface area contributed by atoms with Crippen LogP contribution in [-0.4, -0.2) is 19.2 Å². The Hall–Kier alpha value is -0.540. The van der Waals surface area contributed by atoms with E-state index in [-0.39, 0.29) is 0 Å². The molecule has 0 aliphatic heterocycles. The van der Waals surface area contributed by atoms with Crippen LogP contribution in [0.2, 0.25) is 0 Å². The van der Waals surface area contributed by atoms with Gasteiger partial charge in [0.15, 0.2) is 0 Å². The Bertz CT molecular complexity index is 341. The molecule has 96 valence electrons. The number of aryl methyl sites for hydroxylation is 1. The fourth-order valence-electron chi connectivity index (χ4n) is 1.78. The summed E-state index contributed by atoms with van der Waals surface area (Å²) in [5.74, 6) is 0.971. The molecule has 1 aromatic carbocycles. The minimum Gasteiger partial charge on any atom is -0.492 e. The number of hydrogen-bond acceptors (Lipinski definition) is 2. The summed E-state index contributed by atoms with van der Waals surface area (Å²) in [4.78, 5) is 0. The smallest absolute Gasteiger partial charge is 0.122 e. The Kier molecular flexibility index (Phi) is 6.60. The summed E-state index contributed by atoms with van der Waals surface area (Å²) < 4.78 is 6.83. The standard InChI is InChI=1S/C14H22BrNO/c1-4-5-12(3)16-8-9-17-14-7-6-13(15)10-11(14)2/h6-7,10,12,16H,4-5,8-9H2,1-3H3. The largest absolute Gasteiger partial charge is 0.492 e. The van der Waals surface area contributed by atoms with Gasteiger partial charge >= 0.3 is 0 Å². The first kappa shape index (κ1) is 14.5. The number of rotatable bonds is 7. The summed E-state index contributed by atoms with van der Waals surface area (Å²) in [7, 11) is 0. The monoisotopic (exact) mass is 299 g/mol. The van der Waals surface area contributed by atoms with Crippen LogP contribution >= 0.6 is 15.9 Å². The van der Waals surface area contributed by atoms with Crippen molar-refractivity contribution < 1.29 is 4.74 Å². The molecule has 0 fully saturated rings. The van der Waals surface area contributed by atoms with Crippen molar-refractivity contribution in [1.82, 2.24) is 5.32 Å². The molecule has 3 heteroatoms. The maximum Gasteiger partial charge on any atom is 0.122 e. The van der Waals surface area contributed by atoms with E-state index in [9.17, 15) is 0 Å². The highest BCUT2D eigenvalue weighted by Crippen LogP contribution is 2.21. The Balaban J connectivity index is 2.26. The van der Waals surface area contributed by atoms with Gasteiger partial charge in [0.25, 0.3) is 0 Å². The molecule has 0 bridgehead atoms. The van der Waals surface area contributed by atoms with Crippen LogP contribution in [0.3, 0.4) is 0 Å². The predicted molar refractivity (Wildman–Crippen MR) is 76.7 cm³/mol. The zero-order chi connectivity index (χ0) is 12.7. The molecule has 1 atom stereocenters. The molecule has 0 saturated heterocycles. The summed E-state index contributed by atoms with van der Waals surface area (Å²) in [6, 6.07) is 6.67. The lowest BCUT2D eigenvalue weighted by molar-refractivity contribution is 0.303. The first-order valence-electron chi connectivity index (χ1n) is 6.25. The van der Waals surface area contributed by atoms with Gasteiger partial charge in [-0.2, -0.15) is 0 Å². The summed E-state index contributed by atoms with van der Waals surface area (Å²) in [5, 5.41) is 3.45. The second kappa shape index (κ2) is 7.72. The summed E-state index contributed by atoms with van der Waals surface area (Å²) in [6.07, 6.45) is 2.44. The molecule has 0 aliphatic rings. The van der Waals surface area contributed by atoms with Gasteiger partial charge < -0.3 is 10.1 Å². The molecule has 2 nitrogen and oxygen atoms in total. The van der Waals surface area contributed by atoms with E-state index < -0.39 is 0 Å². The van der Waals surface area contributed by atoms with Crippen LogP contribution in [0.15, 0.2) is 22.7 Å². The highest BCUT2D eigenvalue weighted by atomic mass is 79.9. The zero-order valence-corrected chi connectivity index (χ0v) is 12.5. The van der Waals surface area contributed by atoms with Gasteiger partial charge in [0.2, 0.25) is 0 Å². The third-order valence-electron chi connectivity index (χ3n) is 2.71. The van der Waals surface area contributed by atoms with E-state index in [1.807, 2.05) is 12.1 Å². The highest BCUT2D eigenvalue weighted by molar-refractivity contribution is 9.10. The van der Waals surface area contributed by atoms with Gasteiger partial charge in [-0.3, -0.25) is 0 Å². The molecule has 17 heavy (non-hydrogen) atoms. The Morgan fingerprint density at radius 2 is 2.18 bits per heavy atom.